The van der Waals surface area contributed by atoms with Crippen LogP contribution in [0.15, 0.2) is 16.6 Å². The Hall–Kier alpha value is -1.70. The molecule has 0 aliphatic carbocycles. The Bertz CT molecular complexity index is 556. The van der Waals surface area contributed by atoms with Gasteiger partial charge in [-0.05, 0) is 42.8 Å². The van der Waals surface area contributed by atoms with Gasteiger partial charge in [-0.25, -0.2) is 18.4 Å². The molecule has 0 spiro atoms. The second-order valence-corrected chi connectivity index (χ2v) is 5.64. The molecule has 2 N–H and O–H groups in total. The maximum atomic E-state index is 13.7. The van der Waals surface area contributed by atoms with Crippen molar-refractivity contribution in [2.45, 2.75) is 26.3 Å². The number of amides is 2. The van der Waals surface area contributed by atoms with Gasteiger partial charge >= 0.3 is 12.0 Å². The summed E-state index contributed by atoms with van der Waals surface area (Å²) in [6, 6.07) is 0.826. The van der Waals surface area contributed by atoms with Crippen LogP contribution < -0.4 is 5.32 Å². The number of hydrogen-bond donors (Lipinski definition) is 2. The van der Waals surface area contributed by atoms with E-state index in [-0.39, 0.29) is 16.7 Å². The molecule has 0 radical (unpaired) electrons. The third kappa shape index (κ3) is 3.69. The lowest BCUT2D eigenvalue weighted by Crippen LogP contribution is -2.54. The van der Waals surface area contributed by atoms with E-state index in [0.29, 0.717) is 6.07 Å². The van der Waals surface area contributed by atoms with Gasteiger partial charge in [0.25, 0.3) is 0 Å². The molecule has 0 saturated carbocycles. The van der Waals surface area contributed by atoms with Gasteiger partial charge in [-0.2, -0.15) is 0 Å². The minimum Gasteiger partial charge on any atom is -0.480 e. The molecule has 116 valence electrons. The van der Waals surface area contributed by atoms with Crippen LogP contribution >= 0.6 is 15.9 Å². The fourth-order valence-electron chi connectivity index (χ4n) is 1.74. The Morgan fingerprint density at radius 1 is 1.38 bits per heavy atom. The van der Waals surface area contributed by atoms with Gasteiger partial charge in [-0.3, -0.25) is 0 Å². The molecule has 0 heterocycles. The normalized spacial score (nSPS) is 11.1. The third-order valence-electron chi connectivity index (χ3n) is 3.00. The van der Waals surface area contributed by atoms with E-state index >= 15 is 0 Å². The summed E-state index contributed by atoms with van der Waals surface area (Å²) in [5, 5.41) is 11.4. The third-order valence-corrected chi connectivity index (χ3v) is 3.62. The average Bonchev–Trinajstić information content (AvgIpc) is 2.34. The molecule has 8 heteroatoms. The standard InChI is InChI=1S/C13H15BrF2N2O3/c1-4-18(13(2,3)11(19)20)12(21)17-10-8(14)5-7(15)6-9(10)16/h5-6H,4H2,1-3H3,(H,17,21)(H,19,20). The first kappa shape index (κ1) is 17.4. The molecule has 0 fully saturated rings. The highest BCUT2D eigenvalue weighted by atomic mass is 79.9. The second kappa shape index (κ2) is 6.38. The van der Waals surface area contributed by atoms with Crippen molar-refractivity contribution in [3.05, 3.63) is 28.2 Å². The molecule has 0 aliphatic heterocycles. The number of carbonyl (C=O) groups is 2. The highest BCUT2D eigenvalue weighted by molar-refractivity contribution is 9.10. The Labute approximate surface area is 129 Å². The van der Waals surface area contributed by atoms with Crippen LogP contribution in [0.5, 0.6) is 0 Å². The number of urea groups is 1. The highest BCUT2D eigenvalue weighted by Crippen LogP contribution is 2.28. The zero-order valence-corrected chi connectivity index (χ0v) is 13.3. The molecule has 1 aromatic rings. The summed E-state index contributed by atoms with van der Waals surface area (Å²) in [6.07, 6.45) is 0. The Kier molecular flexibility index (Phi) is 5.27. The topological polar surface area (TPSA) is 69.6 Å². The molecule has 0 unspecified atom stereocenters. The first-order valence-electron chi connectivity index (χ1n) is 6.07. The molecular formula is C13H15BrF2N2O3. The molecule has 0 aromatic heterocycles. The highest BCUT2D eigenvalue weighted by Gasteiger charge is 2.37. The summed E-state index contributed by atoms with van der Waals surface area (Å²) in [7, 11) is 0. The molecule has 21 heavy (non-hydrogen) atoms. The predicted octanol–water partition coefficient (Wildman–Crippen LogP) is 3.44. The van der Waals surface area contributed by atoms with Crippen molar-refractivity contribution in [1.29, 1.82) is 0 Å². The zero-order valence-electron chi connectivity index (χ0n) is 11.7. The monoisotopic (exact) mass is 364 g/mol. The summed E-state index contributed by atoms with van der Waals surface area (Å²) in [5.74, 6) is -2.95. The number of anilines is 1. The Balaban J connectivity index is 3.08. The molecule has 5 nitrogen and oxygen atoms in total. The molecular weight excluding hydrogens is 350 g/mol. The van der Waals surface area contributed by atoms with Crippen LogP contribution in [0.3, 0.4) is 0 Å². The lowest BCUT2D eigenvalue weighted by Gasteiger charge is -2.34. The van der Waals surface area contributed by atoms with E-state index in [1.54, 1.807) is 6.92 Å². The maximum absolute atomic E-state index is 13.7. The molecule has 2 amide bonds. The number of hydrogen-bond acceptors (Lipinski definition) is 2. The fourth-order valence-corrected chi connectivity index (χ4v) is 2.25. The van der Waals surface area contributed by atoms with Crippen LogP contribution in [0.25, 0.3) is 0 Å². The van der Waals surface area contributed by atoms with Gasteiger partial charge in [0.1, 0.15) is 11.4 Å². The van der Waals surface area contributed by atoms with Gasteiger partial charge in [0, 0.05) is 17.1 Å². The van der Waals surface area contributed by atoms with E-state index in [9.17, 15) is 18.4 Å². The van der Waals surface area contributed by atoms with E-state index in [4.69, 9.17) is 5.11 Å². The smallest absolute Gasteiger partial charge is 0.329 e. The van der Waals surface area contributed by atoms with Crippen LogP contribution in [0, 0.1) is 11.6 Å². The first-order valence-corrected chi connectivity index (χ1v) is 6.87. The van der Waals surface area contributed by atoms with Crippen molar-refractivity contribution >= 4 is 33.6 Å². The second-order valence-electron chi connectivity index (χ2n) is 4.78. The maximum Gasteiger partial charge on any atom is 0.329 e. The number of halogens is 3. The fraction of sp³-hybridized carbons (Fsp3) is 0.385. The number of nitrogens with one attached hydrogen (secondary N) is 1. The number of aliphatic carboxylic acids is 1. The van der Waals surface area contributed by atoms with Crippen LogP contribution in [0.2, 0.25) is 0 Å². The van der Waals surface area contributed by atoms with Gasteiger partial charge in [-0.1, -0.05) is 0 Å². The lowest BCUT2D eigenvalue weighted by atomic mass is 10.0. The zero-order chi connectivity index (χ0) is 16.4. The molecule has 0 aliphatic rings. The minimum atomic E-state index is -1.47. The number of nitrogens with zero attached hydrogens (tertiary/aromatic N) is 1. The molecule has 0 bridgehead atoms. The number of carboxylic acids is 1. The number of benzene rings is 1. The first-order chi connectivity index (χ1) is 9.61. The van der Waals surface area contributed by atoms with Gasteiger partial charge in [0.2, 0.25) is 0 Å². The lowest BCUT2D eigenvalue weighted by molar-refractivity contribution is -0.147. The number of rotatable bonds is 4. The Morgan fingerprint density at radius 3 is 2.38 bits per heavy atom. The largest absolute Gasteiger partial charge is 0.480 e. The van der Waals surface area contributed by atoms with Gasteiger partial charge in [-0.15, -0.1) is 0 Å². The van der Waals surface area contributed by atoms with Crippen molar-refractivity contribution in [3.63, 3.8) is 0 Å². The van der Waals surface area contributed by atoms with Crippen molar-refractivity contribution in [2.75, 3.05) is 11.9 Å². The summed E-state index contributed by atoms with van der Waals surface area (Å²) in [4.78, 5) is 24.4. The number of carbonyl (C=O) groups excluding carboxylic acids is 1. The SMILES string of the molecule is CCN(C(=O)Nc1c(F)cc(F)cc1Br)C(C)(C)C(=O)O. The minimum absolute atomic E-state index is 0.0255. The van der Waals surface area contributed by atoms with E-state index in [1.165, 1.54) is 13.8 Å². The van der Waals surface area contributed by atoms with E-state index < -0.39 is 29.2 Å². The van der Waals surface area contributed by atoms with Crippen molar-refractivity contribution in [3.8, 4) is 0 Å². The average molecular weight is 365 g/mol. The molecule has 0 saturated heterocycles. The van der Waals surface area contributed by atoms with Gasteiger partial charge in [0.05, 0.1) is 5.69 Å². The van der Waals surface area contributed by atoms with Crippen LogP contribution in [-0.4, -0.2) is 34.1 Å². The van der Waals surface area contributed by atoms with Gasteiger partial charge in [0.15, 0.2) is 5.82 Å². The number of likely N-dealkylation sites (N-methyl/N-ethyl adjacent to an activating group) is 1. The summed E-state index contributed by atoms with van der Waals surface area (Å²) < 4.78 is 26.7. The van der Waals surface area contributed by atoms with Gasteiger partial charge < -0.3 is 15.3 Å². The van der Waals surface area contributed by atoms with E-state index in [1.807, 2.05) is 0 Å². The summed E-state index contributed by atoms with van der Waals surface area (Å²) in [5.41, 5.74) is -1.72. The number of carboxylic acid groups (broad SMARTS) is 1. The van der Waals surface area contributed by atoms with E-state index in [2.05, 4.69) is 21.2 Å². The van der Waals surface area contributed by atoms with Crippen molar-refractivity contribution < 1.29 is 23.5 Å². The van der Waals surface area contributed by atoms with Crippen molar-refractivity contribution in [1.82, 2.24) is 4.90 Å². The molecule has 0 atom stereocenters. The Morgan fingerprint density at radius 2 is 1.95 bits per heavy atom. The summed E-state index contributed by atoms with van der Waals surface area (Å²) >= 11 is 2.95. The van der Waals surface area contributed by atoms with Crippen molar-refractivity contribution in [2.24, 2.45) is 0 Å². The predicted molar refractivity (Wildman–Crippen MR) is 77.2 cm³/mol. The van der Waals surface area contributed by atoms with E-state index in [0.717, 1.165) is 11.0 Å². The van der Waals surface area contributed by atoms with Crippen LogP contribution in [0.1, 0.15) is 20.8 Å². The molecule has 1 rings (SSSR count). The summed E-state index contributed by atoms with van der Waals surface area (Å²) in [6.45, 7) is 4.41. The molecule has 1 aromatic carbocycles. The van der Waals surface area contributed by atoms with Crippen LogP contribution in [-0.2, 0) is 4.79 Å². The quantitative estimate of drug-likeness (QED) is 0.859. The van der Waals surface area contributed by atoms with Crippen LogP contribution in [0.4, 0.5) is 19.3 Å².